The predicted molar refractivity (Wildman–Crippen MR) is 66.7 cm³/mol. The fraction of sp³-hybridized carbons (Fsp3) is 0.385. The lowest BCUT2D eigenvalue weighted by atomic mass is 10.1. The zero-order valence-corrected chi connectivity index (χ0v) is 10.8. The Hall–Kier alpha value is -2.04. The number of likely N-dealkylation sites (N-methyl/N-ethyl adjacent to an activating group) is 1. The molecule has 0 aromatic heterocycles. The van der Waals surface area contributed by atoms with Gasteiger partial charge in [0.15, 0.2) is 6.61 Å². The molecular weight excluding hydrogens is 234 g/mol. The number of ether oxygens (including phenoxy) is 1. The number of amides is 1. The number of carbonyl (C=O) groups excluding carboxylic acids is 1. The largest absolute Gasteiger partial charge is 0.484 e. The van der Waals surface area contributed by atoms with Crippen molar-refractivity contribution in [3.63, 3.8) is 0 Å². The highest BCUT2D eigenvalue weighted by Gasteiger charge is 2.13. The maximum Gasteiger partial charge on any atom is 0.323 e. The summed E-state index contributed by atoms with van der Waals surface area (Å²) in [6, 6.07) is 5.66. The van der Waals surface area contributed by atoms with E-state index >= 15 is 0 Å². The van der Waals surface area contributed by atoms with Gasteiger partial charge in [-0.25, -0.2) is 0 Å². The summed E-state index contributed by atoms with van der Waals surface area (Å²) in [5.74, 6) is -0.771. The van der Waals surface area contributed by atoms with Crippen LogP contribution < -0.4 is 4.74 Å². The number of carboxylic acid groups (broad SMARTS) is 1. The second kappa shape index (κ2) is 6.05. The van der Waals surface area contributed by atoms with Gasteiger partial charge in [0.05, 0.1) is 0 Å². The Bertz CT molecular complexity index is 456. The molecule has 0 aliphatic carbocycles. The highest BCUT2D eigenvalue weighted by molar-refractivity contribution is 5.82. The fourth-order valence-corrected chi connectivity index (χ4v) is 1.50. The van der Waals surface area contributed by atoms with Gasteiger partial charge in [-0.05, 0) is 25.5 Å². The molecular formula is C13H17NO4. The molecule has 1 amide bonds. The number of hydrogen-bond donors (Lipinski definition) is 1. The standard InChI is InChI=1S/C13H17NO4/c1-9-4-5-11(10(2)6-9)18-8-12(15)14(3)7-13(16)17/h4-6H,7-8H2,1-3H3,(H,16,17). The van der Waals surface area contributed by atoms with Gasteiger partial charge >= 0.3 is 5.97 Å². The van der Waals surface area contributed by atoms with Crippen LogP contribution in [0.2, 0.25) is 0 Å². The molecule has 1 aromatic carbocycles. The molecule has 18 heavy (non-hydrogen) atoms. The minimum Gasteiger partial charge on any atom is -0.484 e. The molecule has 0 radical (unpaired) electrons. The van der Waals surface area contributed by atoms with E-state index in [9.17, 15) is 9.59 Å². The first-order valence-electron chi connectivity index (χ1n) is 5.56. The molecule has 0 aliphatic heterocycles. The molecule has 0 saturated carbocycles. The summed E-state index contributed by atoms with van der Waals surface area (Å²) in [5, 5.41) is 8.56. The first-order chi connectivity index (χ1) is 8.40. The van der Waals surface area contributed by atoms with Crippen LogP contribution in [0.15, 0.2) is 18.2 Å². The number of aliphatic carboxylic acids is 1. The summed E-state index contributed by atoms with van der Waals surface area (Å²) in [7, 11) is 1.43. The van der Waals surface area contributed by atoms with Crippen LogP contribution in [0.5, 0.6) is 5.75 Å². The molecule has 0 aliphatic rings. The topological polar surface area (TPSA) is 66.8 Å². The van der Waals surface area contributed by atoms with Gasteiger partial charge < -0.3 is 14.7 Å². The van der Waals surface area contributed by atoms with Crippen molar-refractivity contribution < 1.29 is 19.4 Å². The fourth-order valence-electron chi connectivity index (χ4n) is 1.50. The van der Waals surface area contributed by atoms with Gasteiger partial charge in [0.2, 0.25) is 0 Å². The van der Waals surface area contributed by atoms with E-state index in [0.717, 1.165) is 16.0 Å². The minimum atomic E-state index is -1.04. The van der Waals surface area contributed by atoms with Gasteiger partial charge in [-0.1, -0.05) is 17.7 Å². The summed E-state index contributed by atoms with van der Waals surface area (Å²) < 4.78 is 5.37. The second-order valence-corrected chi connectivity index (χ2v) is 4.20. The van der Waals surface area contributed by atoms with E-state index in [1.165, 1.54) is 7.05 Å². The molecule has 0 bridgehead atoms. The maximum absolute atomic E-state index is 11.6. The summed E-state index contributed by atoms with van der Waals surface area (Å²) in [6.07, 6.45) is 0. The van der Waals surface area contributed by atoms with Gasteiger partial charge in [-0.3, -0.25) is 9.59 Å². The van der Waals surface area contributed by atoms with Crippen molar-refractivity contribution in [2.24, 2.45) is 0 Å². The molecule has 0 saturated heterocycles. The Morgan fingerprint density at radius 2 is 2.00 bits per heavy atom. The monoisotopic (exact) mass is 251 g/mol. The third-order valence-electron chi connectivity index (χ3n) is 2.48. The van der Waals surface area contributed by atoms with E-state index < -0.39 is 5.97 Å². The van der Waals surface area contributed by atoms with Crippen molar-refractivity contribution in [1.29, 1.82) is 0 Å². The van der Waals surface area contributed by atoms with Crippen molar-refractivity contribution in [3.8, 4) is 5.75 Å². The highest BCUT2D eigenvalue weighted by atomic mass is 16.5. The van der Waals surface area contributed by atoms with Crippen molar-refractivity contribution in [1.82, 2.24) is 4.90 Å². The van der Waals surface area contributed by atoms with E-state index in [0.29, 0.717) is 5.75 Å². The van der Waals surface area contributed by atoms with Crippen molar-refractivity contribution in [2.45, 2.75) is 13.8 Å². The molecule has 98 valence electrons. The molecule has 0 unspecified atom stereocenters. The molecule has 5 nitrogen and oxygen atoms in total. The van der Waals surface area contributed by atoms with Crippen LogP contribution in [-0.4, -0.2) is 42.1 Å². The van der Waals surface area contributed by atoms with Gasteiger partial charge in [-0.2, -0.15) is 0 Å². The van der Waals surface area contributed by atoms with Crippen molar-refractivity contribution in [2.75, 3.05) is 20.2 Å². The van der Waals surface area contributed by atoms with Crippen LogP contribution in [-0.2, 0) is 9.59 Å². The minimum absolute atomic E-state index is 0.159. The van der Waals surface area contributed by atoms with E-state index in [4.69, 9.17) is 9.84 Å². The third-order valence-corrected chi connectivity index (χ3v) is 2.48. The Morgan fingerprint density at radius 3 is 2.56 bits per heavy atom. The molecule has 1 N–H and O–H groups in total. The third kappa shape index (κ3) is 4.08. The quantitative estimate of drug-likeness (QED) is 0.854. The Morgan fingerprint density at radius 1 is 1.33 bits per heavy atom. The van der Waals surface area contributed by atoms with Crippen LogP contribution >= 0.6 is 0 Å². The van der Waals surface area contributed by atoms with Crippen molar-refractivity contribution in [3.05, 3.63) is 29.3 Å². The van der Waals surface area contributed by atoms with Crippen LogP contribution in [0.3, 0.4) is 0 Å². The number of aryl methyl sites for hydroxylation is 2. The summed E-state index contributed by atoms with van der Waals surface area (Å²) >= 11 is 0. The molecule has 0 fully saturated rings. The zero-order valence-electron chi connectivity index (χ0n) is 10.8. The highest BCUT2D eigenvalue weighted by Crippen LogP contribution is 2.18. The number of rotatable bonds is 5. The first-order valence-corrected chi connectivity index (χ1v) is 5.56. The zero-order chi connectivity index (χ0) is 13.7. The maximum atomic E-state index is 11.6. The van der Waals surface area contributed by atoms with Crippen LogP contribution in [0.4, 0.5) is 0 Å². The smallest absolute Gasteiger partial charge is 0.323 e. The first kappa shape index (κ1) is 14.0. The number of carboxylic acids is 1. The summed E-state index contributed by atoms with van der Waals surface area (Å²) in [4.78, 5) is 23.1. The van der Waals surface area contributed by atoms with Gasteiger partial charge in [-0.15, -0.1) is 0 Å². The molecule has 1 rings (SSSR count). The van der Waals surface area contributed by atoms with Gasteiger partial charge in [0, 0.05) is 7.05 Å². The molecule has 0 spiro atoms. The van der Waals surface area contributed by atoms with Gasteiger partial charge in [0.1, 0.15) is 12.3 Å². The molecule has 0 atom stereocenters. The number of carbonyl (C=O) groups is 2. The Labute approximate surface area is 106 Å². The lowest BCUT2D eigenvalue weighted by Gasteiger charge is -2.15. The molecule has 5 heteroatoms. The average molecular weight is 251 g/mol. The molecule has 0 heterocycles. The van der Waals surface area contributed by atoms with Crippen molar-refractivity contribution >= 4 is 11.9 Å². The Kier molecular flexibility index (Phi) is 4.71. The van der Waals surface area contributed by atoms with Gasteiger partial charge in [0.25, 0.3) is 5.91 Å². The number of hydrogen-bond acceptors (Lipinski definition) is 3. The van der Waals surface area contributed by atoms with E-state index in [1.807, 2.05) is 26.0 Å². The average Bonchev–Trinajstić information content (AvgIpc) is 2.26. The Balaban J connectivity index is 2.54. The predicted octanol–water partition coefficient (Wildman–Crippen LogP) is 1.23. The SMILES string of the molecule is Cc1ccc(OCC(=O)N(C)CC(=O)O)c(C)c1. The lowest BCUT2D eigenvalue weighted by Crippen LogP contribution is -2.35. The van der Waals surface area contributed by atoms with E-state index in [2.05, 4.69) is 0 Å². The van der Waals surface area contributed by atoms with Crippen LogP contribution in [0.1, 0.15) is 11.1 Å². The number of nitrogens with zero attached hydrogens (tertiary/aromatic N) is 1. The van der Waals surface area contributed by atoms with E-state index in [1.54, 1.807) is 6.07 Å². The van der Waals surface area contributed by atoms with Crippen LogP contribution in [0, 0.1) is 13.8 Å². The van der Waals surface area contributed by atoms with E-state index in [-0.39, 0.29) is 19.1 Å². The van der Waals surface area contributed by atoms with Crippen LogP contribution in [0.25, 0.3) is 0 Å². The number of benzene rings is 1. The molecule has 1 aromatic rings. The lowest BCUT2D eigenvalue weighted by molar-refractivity contribution is -0.144. The normalized spacial score (nSPS) is 9.94. The summed E-state index contributed by atoms with van der Waals surface area (Å²) in [5.41, 5.74) is 2.07. The second-order valence-electron chi connectivity index (χ2n) is 4.20. The summed E-state index contributed by atoms with van der Waals surface area (Å²) in [6.45, 7) is 3.39.